The van der Waals surface area contributed by atoms with E-state index >= 15 is 0 Å². The lowest BCUT2D eigenvalue weighted by Gasteiger charge is -2.54. The molecule has 1 N–H and O–H groups in total. The van der Waals surface area contributed by atoms with E-state index in [1.54, 1.807) is 0 Å². The molecule has 0 aliphatic carbocycles. The van der Waals surface area contributed by atoms with Crippen LogP contribution in [0, 0.1) is 0 Å². The predicted octanol–water partition coefficient (Wildman–Crippen LogP) is 5.31. The summed E-state index contributed by atoms with van der Waals surface area (Å²) >= 11 is 0. The summed E-state index contributed by atoms with van der Waals surface area (Å²) in [6.45, 7) is 14.1. The summed E-state index contributed by atoms with van der Waals surface area (Å²) in [7, 11) is 0. The molecule has 0 saturated carbocycles. The smallest absolute Gasteiger partial charge is 0.0575 e. The second-order valence-corrected chi connectivity index (χ2v) is 8.39. The van der Waals surface area contributed by atoms with Crippen LogP contribution in [-0.2, 0) is 0 Å². The Kier molecular flexibility index (Phi) is 8.13. The fourth-order valence-electron chi connectivity index (χ4n) is 4.31. The molecule has 2 nitrogen and oxygen atoms in total. The van der Waals surface area contributed by atoms with E-state index in [9.17, 15) is 5.11 Å². The number of likely N-dealkylation sites (tertiary alicyclic amines) is 1. The predicted molar refractivity (Wildman–Crippen MR) is 97.2 cm³/mol. The molecule has 0 aromatic rings. The highest BCUT2D eigenvalue weighted by molar-refractivity contribution is 4.99. The van der Waals surface area contributed by atoms with Crippen LogP contribution in [0.2, 0.25) is 0 Å². The zero-order valence-corrected chi connectivity index (χ0v) is 15.5. The third-order valence-electron chi connectivity index (χ3n) is 5.22. The quantitative estimate of drug-likeness (QED) is 0.437. The molecule has 1 rings (SSSR count). The second kappa shape index (κ2) is 9.08. The maximum absolute atomic E-state index is 10.1. The first-order valence-corrected chi connectivity index (χ1v) is 9.36. The van der Waals surface area contributed by atoms with Crippen molar-refractivity contribution in [3.63, 3.8) is 0 Å². The van der Waals surface area contributed by atoms with E-state index in [-0.39, 0.29) is 17.2 Å². The molecule has 22 heavy (non-hydrogen) atoms. The first-order valence-electron chi connectivity index (χ1n) is 9.36. The van der Waals surface area contributed by atoms with Gasteiger partial charge in [0.1, 0.15) is 0 Å². The van der Waals surface area contributed by atoms with Crippen molar-refractivity contribution in [2.45, 2.75) is 109 Å². The van der Waals surface area contributed by atoms with Gasteiger partial charge in [0.25, 0.3) is 0 Å². The highest BCUT2D eigenvalue weighted by Crippen LogP contribution is 2.38. The topological polar surface area (TPSA) is 23.5 Å². The average molecular weight is 310 g/mol. The van der Waals surface area contributed by atoms with E-state index in [0.29, 0.717) is 0 Å². The number of hydrogen-bond acceptors (Lipinski definition) is 2. The van der Waals surface area contributed by atoms with E-state index in [1.165, 1.54) is 57.9 Å². The molecular weight excluding hydrogens is 270 g/mol. The Balaban J connectivity index is 2.21. The highest BCUT2D eigenvalue weighted by Gasteiger charge is 2.44. The molecule has 1 saturated heterocycles. The number of allylic oxidation sites excluding steroid dienone is 1. The summed E-state index contributed by atoms with van der Waals surface area (Å²) in [4.78, 5) is 2.64. The van der Waals surface area contributed by atoms with Gasteiger partial charge >= 0.3 is 0 Å². The molecule has 1 fully saturated rings. The summed E-state index contributed by atoms with van der Waals surface area (Å²) in [5, 5.41) is 10.1. The molecule has 0 bridgehead atoms. The van der Waals surface area contributed by atoms with Crippen molar-refractivity contribution in [1.29, 1.82) is 0 Å². The molecule has 0 radical (unpaired) electrons. The fraction of sp³-hybridized carbons (Fsp3) is 0.900. The summed E-state index contributed by atoms with van der Waals surface area (Å²) in [6.07, 6.45) is 14.3. The Labute approximate surface area is 139 Å². The van der Waals surface area contributed by atoms with Crippen LogP contribution < -0.4 is 0 Å². The van der Waals surface area contributed by atoms with E-state index in [0.717, 1.165) is 12.8 Å². The zero-order chi connectivity index (χ0) is 16.6. The van der Waals surface area contributed by atoms with Crippen LogP contribution in [0.15, 0.2) is 12.7 Å². The van der Waals surface area contributed by atoms with Gasteiger partial charge in [-0.2, -0.15) is 0 Å². The van der Waals surface area contributed by atoms with Gasteiger partial charge in [-0.1, -0.05) is 38.2 Å². The monoisotopic (exact) mass is 309 g/mol. The first kappa shape index (κ1) is 19.7. The molecule has 130 valence electrons. The van der Waals surface area contributed by atoms with Gasteiger partial charge in [0, 0.05) is 11.1 Å². The van der Waals surface area contributed by atoms with Crippen molar-refractivity contribution in [1.82, 2.24) is 4.90 Å². The van der Waals surface area contributed by atoms with Gasteiger partial charge in [0.05, 0.1) is 6.10 Å². The number of hydrogen-bond donors (Lipinski definition) is 1. The third kappa shape index (κ3) is 6.42. The molecule has 1 aliphatic heterocycles. The normalized spacial score (nSPS) is 21.9. The van der Waals surface area contributed by atoms with Crippen molar-refractivity contribution in [3.8, 4) is 0 Å². The van der Waals surface area contributed by atoms with Gasteiger partial charge in [-0.25, -0.2) is 0 Å². The van der Waals surface area contributed by atoms with Crippen molar-refractivity contribution < 1.29 is 5.11 Å². The Morgan fingerprint density at radius 2 is 1.36 bits per heavy atom. The average Bonchev–Trinajstić information content (AvgIpc) is 2.37. The number of piperidine rings is 1. The van der Waals surface area contributed by atoms with E-state index in [1.807, 2.05) is 6.08 Å². The molecule has 0 atom stereocenters. The summed E-state index contributed by atoms with van der Waals surface area (Å²) in [5.41, 5.74) is 0.234. The minimum absolute atomic E-state index is 0.117. The fourth-order valence-corrected chi connectivity index (χ4v) is 4.31. The second-order valence-electron chi connectivity index (χ2n) is 8.39. The lowest BCUT2D eigenvalue weighted by molar-refractivity contribution is -0.0810. The van der Waals surface area contributed by atoms with Crippen molar-refractivity contribution in [2.24, 2.45) is 0 Å². The lowest BCUT2D eigenvalue weighted by atomic mass is 9.78. The molecule has 0 aromatic carbocycles. The Hall–Kier alpha value is -0.340. The largest absolute Gasteiger partial charge is 0.393 e. The molecule has 0 spiro atoms. The van der Waals surface area contributed by atoms with Crippen LogP contribution in [0.4, 0.5) is 0 Å². The molecule has 0 unspecified atom stereocenters. The standard InChI is InChI=1S/C20H39NO/c1-6-7-8-9-10-11-12-13-14-15-21-19(2,3)16-18(22)17-20(21,4)5/h6,18,22H,1,7-17H2,2-5H3. The number of unbranched alkanes of at least 4 members (excludes halogenated alkanes) is 7. The summed E-state index contributed by atoms with van der Waals surface area (Å²) < 4.78 is 0. The zero-order valence-electron chi connectivity index (χ0n) is 15.5. The summed E-state index contributed by atoms with van der Waals surface area (Å²) in [6, 6.07) is 0. The van der Waals surface area contributed by atoms with Crippen LogP contribution in [0.3, 0.4) is 0 Å². The Morgan fingerprint density at radius 3 is 1.86 bits per heavy atom. The molecule has 0 amide bonds. The van der Waals surface area contributed by atoms with Gasteiger partial charge in [0.15, 0.2) is 0 Å². The number of rotatable bonds is 10. The number of nitrogens with zero attached hydrogens (tertiary/aromatic N) is 1. The Morgan fingerprint density at radius 1 is 0.909 bits per heavy atom. The van der Waals surface area contributed by atoms with Gasteiger partial charge in [0.2, 0.25) is 0 Å². The molecule has 2 heteroatoms. The van der Waals surface area contributed by atoms with Gasteiger partial charge < -0.3 is 5.11 Å². The minimum atomic E-state index is -0.142. The number of aliphatic hydroxyl groups excluding tert-OH is 1. The van der Waals surface area contributed by atoms with Crippen molar-refractivity contribution in [3.05, 3.63) is 12.7 Å². The molecule has 1 aliphatic rings. The Bertz CT molecular complexity index is 304. The van der Waals surface area contributed by atoms with Crippen molar-refractivity contribution in [2.75, 3.05) is 6.54 Å². The molecule has 0 aromatic heterocycles. The lowest BCUT2D eigenvalue weighted by Crippen LogP contribution is -2.61. The summed E-state index contributed by atoms with van der Waals surface area (Å²) in [5.74, 6) is 0. The highest BCUT2D eigenvalue weighted by atomic mass is 16.3. The van der Waals surface area contributed by atoms with Crippen LogP contribution in [0.1, 0.15) is 91.9 Å². The molecular formula is C20H39NO. The minimum Gasteiger partial charge on any atom is -0.393 e. The van der Waals surface area contributed by atoms with Crippen LogP contribution >= 0.6 is 0 Å². The molecule has 1 heterocycles. The van der Waals surface area contributed by atoms with Crippen LogP contribution in [-0.4, -0.2) is 33.7 Å². The van der Waals surface area contributed by atoms with Gasteiger partial charge in [-0.3, -0.25) is 4.90 Å². The van der Waals surface area contributed by atoms with Crippen LogP contribution in [0.25, 0.3) is 0 Å². The SMILES string of the molecule is C=CCCCCCCCCCN1C(C)(C)CC(O)CC1(C)C. The van der Waals surface area contributed by atoms with E-state index in [4.69, 9.17) is 0 Å². The van der Waals surface area contributed by atoms with Crippen molar-refractivity contribution >= 4 is 0 Å². The van der Waals surface area contributed by atoms with Gasteiger partial charge in [-0.15, -0.1) is 6.58 Å². The van der Waals surface area contributed by atoms with E-state index in [2.05, 4.69) is 39.2 Å². The first-order chi connectivity index (χ1) is 10.3. The van der Waals surface area contributed by atoms with Crippen LogP contribution in [0.5, 0.6) is 0 Å². The maximum Gasteiger partial charge on any atom is 0.0575 e. The maximum atomic E-state index is 10.1. The third-order valence-corrected chi connectivity index (χ3v) is 5.22. The number of aliphatic hydroxyl groups is 1. The van der Waals surface area contributed by atoms with Gasteiger partial charge in [-0.05, 0) is 66.3 Å². The van der Waals surface area contributed by atoms with E-state index < -0.39 is 0 Å².